The lowest BCUT2D eigenvalue weighted by molar-refractivity contribution is 0.00578. The third-order valence-corrected chi connectivity index (χ3v) is 6.77. The van der Waals surface area contributed by atoms with Gasteiger partial charge in [0.25, 0.3) is 0 Å². The average Bonchev–Trinajstić information content (AvgIpc) is 3.36. The first-order valence-electron chi connectivity index (χ1n) is 10.4. The molecule has 2 aromatic heterocycles. The summed E-state index contributed by atoms with van der Waals surface area (Å²) in [6.07, 6.45) is 0. The highest BCUT2D eigenvalue weighted by Gasteiger charge is 2.52. The van der Waals surface area contributed by atoms with E-state index < -0.39 is 18.3 Å². The predicted octanol–water partition coefficient (Wildman–Crippen LogP) is 5.66. The molecular formula is C25H20BNO4. The number of para-hydroxylation sites is 1. The van der Waals surface area contributed by atoms with Gasteiger partial charge in [0.1, 0.15) is 11.2 Å². The Morgan fingerprint density at radius 3 is 2.06 bits per heavy atom. The highest BCUT2D eigenvalue weighted by atomic mass is 16.7. The van der Waals surface area contributed by atoms with Crippen LogP contribution in [0.4, 0.5) is 0 Å². The fourth-order valence-corrected chi connectivity index (χ4v) is 4.34. The maximum Gasteiger partial charge on any atom is 0.498 e. The standard InChI is InChI=1S/C25H20BNO4/c1-24(2)25(3,4)31-26(30-24)19-7-5-6-16-18-11-10-17-15-9-8-14(13-27)12-20(15)28-22(17)23(18)29-21(16)19/h5-12H,1-4H3. The Morgan fingerprint density at radius 2 is 1.35 bits per heavy atom. The van der Waals surface area contributed by atoms with Crippen molar-refractivity contribution in [2.75, 3.05) is 0 Å². The van der Waals surface area contributed by atoms with E-state index in [0.717, 1.165) is 32.6 Å². The molecule has 6 rings (SSSR count). The smallest absolute Gasteiger partial charge is 0.452 e. The van der Waals surface area contributed by atoms with Gasteiger partial charge in [-0.3, -0.25) is 0 Å². The number of fused-ring (bicyclic) bond motifs is 7. The van der Waals surface area contributed by atoms with E-state index in [1.807, 2.05) is 58.0 Å². The van der Waals surface area contributed by atoms with Crippen LogP contribution in [0.15, 0.2) is 57.4 Å². The molecule has 0 N–H and O–H groups in total. The SMILES string of the molecule is CC1(C)OB(c2cccc3c2oc2c3ccc3c4ccc(C#N)cc4oc32)OC1(C)C. The van der Waals surface area contributed by atoms with E-state index in [4.69, 9.17) is 18.1 Å². The van der Waals surface area contributed by atoms with Crippen LogP contribution in [0.3, 0.4) is 0 Å². The van der Waals surface area contributed by atoms with Gasteiger partial charge in [0.15, 0.2) is 11.2 Å². The van der Waals surface area contributed by atoms with Crippen LogP contribution in [0.1, 0.15) is 33.3 Å². The molecule has 0 unspecified atom stereocenters. The molecule has 1 aliphatic rings. The van der Waals surface area contributed by atoms with Crippen molar-refractivity contribution in [1.29, 1.82) is 5.26 Å². The van der Waals surface area contributed by atoms with Gasteiger partial charge in [-0.25, -0.2) is 0 Å². The molecule has 0 aliphatic carbocycles. The Labute approximate surface area is 179 Å². The molecule has 1 fully saturated rings. The Balaban J connectivity index is 1.61. The van der Waals surface area contributed by atoms with Crippen LogP contribution < -0.4 is 5.46 Å². The molecule has 0 saturated carbocycles. The number of hydrogen-bond acceptors (Lipinski definition) is 5. The number of benzene rings is 3. The molecule has 1 aliphatic heterocycles. The summed E-state index contributed by atoms with van der Waals surface area (Å²) in [5.41, 5.74) is 3.34. The predicted molar refractivity (Wildman–Crippen MR) is 121 cm³/mol. The zero-order valence-corrected chi connectivity index (χ0v) is 17.8. The number of furan rings is 2. The van der Waals surface area contributed by atoms with Gasteiger partial charge in [-0.1, -0.05) is 18.2 Å². The summed E-state index contributed by atoms with van der Waals surface area (Å²) >= 11 is 0. The molecule has 5 aromatic rings. The minimum absolute atomic E-state index is 0.434. The van der Waals surface area contributed by atoms with E-state index in [-0.39, 0.29) is 0 Å². The quantitative estimate of drug-likeness (QED) is 0.335. The minimum atomic E-state index is -0.515. The van der Waals surface area contributed by atoms with E-state index in [1.165, 1.54) is 0 Å². The van der Waals surface area contributed by atoms with Crippen LogP contribution in [0.2, 0.25) is 0 Å². The fraction of sp³-hybridized carbons (Fsp3) is 0.240. The molecule has 5 nitrogen and oxygen atoms in total. The second-order valence-electron chi connectivity index (χ2n) is 9.16. The first-order valence-corrected chi connectivity index (χ1v) is 10.4. The highest BCUT2D eigenvalue weighted by Crippen LogP contribution is 2.40. The average molecular weight is 409 g/mol. The van der Waals surface area contributed by atoms with Gasteiger partial charge in [0.2, 0.25) is 0 Å². The van der Waals surface area contributed by atoms with Gasteiger partial charge in [-0.15, -0.1) is 0 Å². The minimum Gasteiger partial charge on any atom is -0.452 e. The molecule has 0 atom stereocenters. The van der Waals surface area contributed by atoms with Crippen molar-refractivity contribution >= 4 is 56.5 Å². The zero-order chi connectivity index (χ0) is 21.5. The number of nitriles is 1. The summed E-state index contributed by atoms with van der Waals surface area (Å²) in [6.45, 7) is 8.16. The molecule has 0 bridgehead atoms. The highest BCUT2D eigenvalue weighted by molar-refractivity contribution is 6.65. The van der Waals surface area contributed by atoms with Crippen molar-refractivity contribution in [3.8, 4) is 6.07 Å². The van der Waals surface area contributed by atoms with Gasteiger partial charge in [0, 0.05) is 27.0 Å². The summed E-state index contributed by atoms with van der Waals surface area (Å²) in [4.78, 5) is 0. The number of rotatable bonds is 1. The molecule has 6 heteroatoms. The normalized spacial score (nSPS) is 17.8. The summed E-state index contributed by atoms with van der Waals surface area (Å²) < 4.78 is 25.1. The molecule has 3 heterocycles. The Hall–Kier alpha value is -3.27. The van der Waals surface area contributed by atoms with Gasteiger partial charge >= 0.3 is 7.12 Å². The van der Waals surface area contributed by atoms with Crippen molar-refractivity contribution < 1.29 is 18.1 Å². The first-order chi connectivity index (χ1) is 14.8. The first kappa shape index (κ1) is 18.5. The molecule has 3 aromatic carbocycles. The lowest BCUT2D eigenvalue weighted by Crippen LogP contribution is -2.41. The van der Waals surface area contributed by atoms with E-state index in [2.05, 4.69) is 12.1 Å². The zero-order valence-electron chi connectivity index (χ0n) is 17.8. The maximum atomic E-state index is 9.21. The van der Waals surface area contributed by atoms with Crippen molar-refractivity contribution in [3.63, 3.8) is 0 Å². The van der Waals surface area contributed by atoms with Crippen LogP contribution in [-0.2, 0) is 9.31 Å². The molecular weight excluding hydrogens is 389 g/mol. The molecule has 0 amide bonds. The van der Waals surface area contributed by atoms with Gasteiger partial charge in [0.05, 0.1) is 22.8 Å². The second kappa shape index (κ2) is 5.91. The Kier molecular flexibility index (Phi) is 3.53. The molecule has 31 heavy (non-hydrogen) atoms. The Bertz CT molecular complexity index is 1550. The van der Waals surface area contributed by atoms with E-state index in [9.17, 15) is 5.26 Å². The van der Waals surface area contributed by atoms with Crippen molar-refractivity contribution in [2.45, 2.75) is 38.9 Å². The van der Waals surface area contributed by atoms with Crippen molar-refractivity contribution in [2.24, 2.45) is 0 Å². The maximum absolute atomic E-state index is 9.21. The summed E-state index contributed by atoms with van der Waals surface area (Å²) in [5.74, 6) is 0. The summed E-state index contributed by atoms with van der Waals surface area (Å²) in [7, 11) is -0.515. The number of nitrogens with zero attached hydrogens (tertiary/aromatic N) is 1. The van der Waals surface area contributed by atoms with E-state index >= 15 is 0 Å². The molecule has 0 spiro atoms. The topological polar surface area (TPSA) is 68.5 Å². The molecule has 1 saturated heterocycles. The van der Waals surface area contributed by atoms with Crippen molar-refractivity contribution in [3.05, 3.63) is 54.1 Å². The molecule has 152 valence electrons. The van der Waals surface area contributed by atoms with Crippen LogP contribution in [0, 0.1) is 11.3 Å². The van der Waals surface area contributed by atoms with Crippen LogP contribution >= 0.6 is 0 Å². The van der Waals surface area contributed by atoms with Crippen molar-refractivity contribution in [1.82, 2.24) is 0 Å². The second-order valence-corrected chi connectivity index (χ2v) is 9.16. The summed E-state index contributed by atoms with van der Waals surface area (Å²) in [6, 6.07) is 17.8. The monoisotopic (exact) mass is 409 g/mol. The van der Waals surface area contributed by atoms with E-state index in [1.54, 1.807) is 12.1 Å². The lowest BCUT2D eigenvalue weighted by Gasteiger charge is -2.32. The number of hydrogen-bond donors (Lipinski definition) is 0. The lowest BCUT2D eigenvalue weighted by atomic mass is 9.78. The molecule has 0 radical (unpaired) electrons. The van der Waals surface area contributed by atoms with Gasteiger partial charge in [-0.05, 0) is 58.0 Å². The van der Waals surface area contributed by atoms with Crippen LogP contribution in [0.25, 0.3) is 43.9 Å². The fourth-order valence-electron chi connectivity index (χ4n) is 4.34. The van der Waals surface area contributed by atoms with Crippen LogP contribution in [0.5, 0.6) is 0 Å². The largest absolute Gasteiger partial charge is 0.498 e. The third kappa shape index (κ3) is 2.45. The summed E-state index contributed by atoms with van der Waals surface area (Å²) in [5, 5.41) is 13.1. The Morgan fingerprint density at radius 1 is 0.742 bits per heavy atom. The van der Waals surface area contributed by atoms with E-state index in [0.29, 0.717) is 22.3 Å². The third-order valence-electron chi connectivity index (χ3n) is 6.77. The van der Waals surface area contributed by atoms with Gasteiger partial charge in [-0.2, -0.15) is 5.26 Å². The van der Waals surface area contributed by atoms with Crippen LogP contribution in [-0.4, -0.2) is 18.3 Å². The van der Waals surface area contributed by atoms with Gasteiger partial charge < -0.3 is 18.1 Å².